The first kappa shape index (κ1) is 17.1. The first-order chi connectivity index (χ1) is 13.7. The number of hydrogen-bond acceptors (Lipinski definition) is 8. The van der Waals surface area contributed by atoms with E-state index >= 15 is 0 Å². The van der Waals surface area contributed by atoms with Crippen LogP contribution in [0.2, 0.25) is 0 Å². The molecular weight excluding hydrogens is 374 g/mol. The highest BCUT2D eigenvalue weighted by molar-refractivity contribution is 7.10. The normalized spacial score (nSPS) is 15.3. The summed E-state index contributed by atoms with van der Waals surface area (Å²) >= 11 is 1.31. The molecule has 4 N–H and O–H groups in total. The van der Waals surface area contributed by atoms with Gasteiger partial charge in [-0.25, -0.2) is 9.97 Å². The van der Waals surface area contributed by atoms with Crippen LogP contribution in [0.1, 0.15) is 24.5 Å². The topological polar surface area (TPSA) is 111 Å². The van der Waals surface area contributed by atoms with E-state index in [9.17, 15) is 0 Å². The summed E-state index contributed by atoms with van der Waals surface area (Å²) in [5.74, 6) is 1.63. The van der Waals surface area contributed by atoms with Crippen molar-refractivity contribution in [1.82, 2.24) is 33.8 Å². The van der Waals surface area contributed by atoms with Crippen molar-refractivity contribution in [2.24, 2.45) is 7.05 Å². The van der Waals surface area contributed by atoms with Gasteiger partial charge in [-0.1, -0.05) is 0 Å². The zero-order valence-electron chi connectivity index (χ0n) is 15.5. The van der Waals surface area contributed by atoms with Crippen molar-refractivity contribution in [3.8, 4) is 11.3 Å². The van der Waals surface area contributed by atoms with Gasteiger partial charge in [0.2, 0.25) is 0 Å². The largest absolute Gasteiger partial charge is 0.383 e. The number of imidazole rings is 1. The molecule has 5 heterocycles. The molecule has 144 valence electrons. The Morgan fingerprint density at radius 1 is 1.25 bits per heavy atom. The number of aryl methyl sites for hydroxylation is 1. The first-order valence-corrected chi connectivity index (χ1v) is 10.0. The maximum absolute atomic E-state index is 5.78. The van der Waals surface area contributed by atoms with Gasteiger partial charge in [0, 0.05) is 37.0 Å². The van der Waals surface area contributed by atoms with Crippen LogP contribution in [0.3, 0.4) is 0 Å². The van der Waals surface area contributed by atoms with Crippen molar-refractivity contribution >= 4 is 33.8 Å². The first-order valence-electron chi connectivity index (χ1n) is 9.24. The Morgan fingerprint density at radius 2 is 2.11 bits per heavy atom. The predicted molar refractivity (Wildman–Crippen MR) is 110 cm³/mol. The van der Waals surface area contributed by atoms with E-state index < -0.39 is 0 Å². The minimum absolute atomic E-state index is 0.418. The number of anilines is 3. The number of hydrogen-bond donors (Lipinski definition) is 3. The summed E-state index contributed by atoms with van der Waals surface area (Å²) in [6, 6.07) is 1.81. The average Bonchev–Trinajstić information content (AvgIpc) is 3.42. The SMILES string of the molecule is Cn1cc(-c2cnc3c(Nc4cc(N)ns4)nc(C4CCNCC4)cn23)cn1. The second kappa shape index (κ2) is 6.88. The van der Waals surface area contributed by atoms with E-state index in [0.29, 0.717) is 11.7 Å². The molecular formula is C18H21N9S. The van der Waals surface area contributed by atoms with E-state index in [4.69, 9.17) is 10.7 Å². The zero-order valence-corrected chi connectivity index (χ0v) is 16.3. The molecule has 1 fully saturated rings. The lowest BCUT2D eigenvalue weighted by Crippen LogP contribution is -2.27. The fourth-order valence-electron chi connectivity index (χ4n) is 3.64. The highest BCUT2D eigenvalue weighted by Gasteiger charge is 2.21. The van der Waals surface area contributed by atoms with Crippen LogP contribution in [0.5, 0.6) is 0 Å². The molecule has 0 spiro atoms. The van der Waals surface area contributed by atoms with Gasteiger partial charge in [-0.05, 0) is 37.5 Å². The van der Waals surface area contributed by atoms with Gasteiger partial charge in [-0.3, -0.25) is 9.08 Å². The number of nitrogens with one attached hydrogen (secondary N) is 2. The van der Waals surface area contributed by atoms with Crippen molar-refractivity contribution in [3.05, 3.63) is 36.5 Å². The molecule has 0 bridgehead atoms. The van der Waals surface area contributed by atoms with Gasteiger partial charge in [0.1, 0.15) is 10.8 Å². The predicted octanol–water partition coefficient (Wildman–Crippen LogP) is 2.38. The Morgan fingerprint density at radius 3 is 2.82 bits per heavy atom. The van der Waals surface area contributed by atoms with E-state index in [0.717, 1.165) is 59.3 Å². The number of fused-ring (bicyclic) bond motifs is 1. The molecule has 0 amide bonds. The smallest absolute Gasteiger partial charge is 0.180 e. The summed E-state index contributed by atoms with van der Waals surface area (Å²) in [4.78, 5) is 9.57. The summed E-state index contributed by atoms with van der Waals surface area (Å²) in [5.41, 5.74) is 9.62. The summed E-state index contributed by atoms with van der Waals surface area (Å²) < 4.78 is 8.04. The van der Waals surface area contributed by atoms with Crippen molar-refractivity contribution in [2.75, 3.05) is 24.1 Å². The summed E-state index contributed by atoms with van der Waals surface area (Å²) in [5, 5.41) is 11.9. The quantitative estimate of drug-likeness (QED) is 0.486. The van der Waals surface area contributed by atoms with E-state index in [2.05, 4.69) is 35.7 Å². The standard InChI is InChI=1S/C18H21N9S/c1-26-9-12(7-22-26)14-8-21-18-17(24-16-6-15(19)25-28-16)23-13(10-27(14)18)11-2-4-20-5-3-11/h6-11,20H,2-5H2,1H3,(H2,19,25)(H,23,24). The van der Waals surface area contributed by atoms with Gasteiger partial charge in [-0.15, -0.1) is 0 Å². The highest BCUT2D eigenvalue weighted by Crippen LogP contribution is 2.31. The fourth-order valence-corrected chi connectivity index (χ4v) is 4.21. The molecule has 5 rings (SSSR count). The van der Waals surface area contributed by atoms with E-state index in [1.165, 1.54) is 11.5 Å². The third kappa shape index (κ3) is 3.10. The van der Waals surface area contributed by atoms with Gasteiger partial charge in [0.05, 0.1) is 23.8 Å². The third-order valence-electron chi connectivity index (χ3n) is 5.04. The molecule has 0 radical (unpaired) electrons. The van der Waals surface area contributed by atoms with Gasteiger partial charge in [0.15, 0.2) is 11.5 Å². The number of nitrogens with two attached hydrogens (primary N) is 1. The van der Waals surface area contributed by atoms with Crippen LogP contribution < -0.4 is 16.4 Å². The third-order valence-corrected chi connectivity index (χ3v) is 5.76. The van der Waals surface area contributed by atoms with Crippen LogP contribution in [0, 0.1) is 0 Å². The molecule has 0 atom stereocenters. The lowest BCUT2D eigenvalue weighted by Gasteiger charge is -2.23. The molecule has 10 heteroatoms. The van der Waals surface area contributed by atoms with Gasteiger partial charge in [0.25, 0.3) is 0 Å². The Balaban J connectivity index is 1.64. The minimum atomic E-state index is 0.418. The lowest BCUT2D eigenvalue weighted by molar-refractivity contribution is 0.452. The summed E-state index contributed by atoms with van der Waals surface area (Å²) in [7, 11) is 1.91. The molecule has 0 aromatic carbocycles. The maximum atomic E-state index is 5.78. The van der Waals surface area contributed by atoms with Gasteiger partial charge >= 0.3 is 0 Å². The molecule has 28 heavy (non-hydrogen) atoms. The van der Waals surface area contributed by atoms with Crippen LogP contribution >= 0.6 is 11.5 Å². The van der Waals surface area contributed by atoms with Crippen molar-refractivity contribution < 1.29 is 0 Å². The number of nitrogens with zero attached hydrogens (tertiary/aromatic N) is 6. The second-order valence-electron chi connectivity index (χ2n) is 7.02. The molecule has 1 aliphatic rings. The van der Waals surface area contributed by atoms with Crippen LogP contribution in [0.4, 0.5) is 16.6 Å². The van der Waals surface area contributed by atoms with Crippen LogP contribution in [0.25, 0.3) is 16.9 Å². The molecule has 1 saturated heterocycles. The van der Waals surface area contributed by atoms with Gasteiger partial charge < -0.3 is 16.4 Å². The molecule has 1 aliphatic heterocycles. The fraction of sp³-hybridized carbons (Fsp3) is 0.333. The molecule has 0 aliphatic carbocycles. The number of piperidine rings is 1. The van der Waals surface area contributed by atoms with E-state index in [-0.39, 0.29) is 0 Å². The molecule has 0 unspecified atom stereocenters. The number of rotatable bonds is 4. The molecule has 4 aromatic rings. The summed E-state index contributed by atoms with van der Waals surface area (Å²) in [6.45, 7) is 2.02. The monoisotopic (exact) mass is 395 g/mol. The van der Waals surface area contributed by atoms with E-state index in [1.807, 2.05) is 31.7 Å². The van der Waals surface area contributed by atoms with Crippen molar-refractivity contribution in [3.63, 3.8) is 0 Å². The molecule has 9 nitrogen and oxygen atoms in total. The Hall–Kier alpha value is -2.98. The van der Waals surface area contributed by atoms with Crippen LogP contribution in [-0.4, -0.2) is 41.6 Å². The number of nitrogen functional groups attached to an aromatic ring is 1. The Labute approximate surface area is 165 Å². The Bertz CT molecular complexity index is 1120. The second-order valence-corrected chi connectivity index (χ2v) is 7.82. The van der Waals surface area contributed by atoms with Crippen LogP contribution in [-0.2, 0) is 7.05 Å². The van der Waals surface area contributed by atoms with Gasteiger partial charge in [-0.2, -0.15) is 9.47 Å². The maximum Gasteiger partial charge on any atom is 0.180 e. The van der Waals surface area contributed by atoms with Crippen LogP contribution in [0.15, 0.2) is 30.9 Å². The Kier molecular flexibility index (Phi) is 4.21. The minimum Gasteiger partial charge on any atom is -0.383 e. The molecule has 4 aromatic heterocycles. The van der Waals surface area contributed by atoms with E-state index in [1.54, 1.807) is 4.68 Å². The summed E-state index contributed by atoms with van der Waals surface area (Å²) in [6.07, 6.45) is 9.97. The molecule has 0 saturated carbocycles. The number of aromatic nitrogens is 6. The lowest BCUT2D eigenvalue weighted by atomic mass is 9.95. The van der Waals surface area contributed by atoms with Crippen molar-refractivity contribution in [2.45, 2.75) is 18.8 Å². The zero-order chi connectivity index (χ0) is 19.1. The average molecular weight is 395 g/mol. The van der Waals surface area contributed by atoms with Crippen molar-refractivity contribution in [1.29, 1.82) is 0 Å². The highest BCUT2D eigenvalue weighted by atomic mass is 32.1.